The molecule has 0 amide bonds. The van der Waals surface area contributed by atoms with Crippen molar-refractivity contribution in [3.05, 3.63) is 75.9 Å². The number of phenolic OH excluding ortho intramolecular Hbond substituents is 1. The fourth-order valence-corrected chi connectivity index (χ4v) is 7.39. The normalized spacial score (nSPS) is 26.7. The van der Waals surface area contributed by atoms with Gasteiger partial charge in [-0.25, -0.2) is 0 Å². The number of aromatic hydroxyl groups is 1. The molecule has 2 bridgehead atoms. The summed E-state index contributed by atoms with van der Waals surface area (Å²) in [6, 6.07) is 4.33. The quantitative estimate of drug-likeness (QED) is 0.0784. The number of allylic oxidation sites excluding steroid dienone is 9. The molecule has 0 radical (unpaired) electrons. The van der Waals surface area contributed by atoms with Crippen LogP contribution in [0.4, 0.5) is 0 Å². The fraction of sp³-hybridized carbons (Fsp3) is 0.525. The van der Waals surface area contributed by atoms with E-state index in [2.05, 4.69) is 19.1 Å². The first-order valence-electron chi connectivity index (χ1n) is 16.6. The van der Waals surface area contributed by atoms with E-state index in [1.165, 1.54) is 18.2 Å². The molecule has 4 atom stereocenters. The number of aliphatic hydroxyl groups excluding tert-OH is 1. The highest BCUT2D eigenvalue weighted by Crippen LogP contribution is 2.67. The van der Waals surface area contributed by atoms with Crippen molar-refractivity contribution in [3.8, 4) is 11.5 Å². The molecule has 46 heavy (non-hydrogen) atoms. The van der Waals surface area contributed by atoms with Crippen LogP contribution in [0.5, 0.6) is 11.5 Å². The average molecular weight is 631 g/mol. The first-order chi connectivity index (χ1) is 21.5. The van der Waals surface area contributed by atoms with Gasteiger partial charge in [-0.2, -0.15) is 0 Å². The highest BCUT2D eigenvalue weighted by Gasteiger charge is 2.74. The van der Waals surface area contributed by atoms with Crippen molar-refractivity contribution >= 4 is 23.1 Å². The minimum absolute atomic E-state index is 0.118. The van der Waals surface area contributed by atoms with Crippen molar-refractivity contribution < 1.29 is 29.3 Å². The molecular formula is C40H54O6. The van der Waals surface area contributed by atoms with Gasteiger partial charge in [0.05, 0.1) is 12.0 Å². The maximum atomic E-state index is 15.3. The zero-order chi connectivity index (χ0) is 34.6. The Bertz CT molecular complexity index is 1520. The number of ketones is 3. The van der Waals surface area contributed by atoms with Crippen molar-refractivity contribution in [3.63, 3.8) is 0 Å². The molecule has 0 aromatic heterocycles. The number of benzene rings is 1. The summed E-state index contributed by atoms with van der Waals surface area (Å²) >= 11 is 0. The molecule has 2 saturated carbocycles. The van der Waals surface area contributed by atoms with Crippen LogP contribution in [0, 0.1) is 22.2 Å². The number of hydrogen-bond acceptors (Lipinski definition) is 6. The van der Waals surface area contributed by atoms with Crippen LogP contribution in [-0.2, 0) is 14.4 Å². The molecule has 1 aromatic rings. The van der Waals surface area contributed by atoms with Gasteiger partial charge in [-0.05, 0) is 130 Å². The summed E-state index contributed by atoms with van der Waals surface area (Å²) in [6.07, 6.45) is 10.6. The summed E-state index contributed by atoms with van der Waals surface area (Å²) in [5.41, 5.74) is 0.0572. The Hall–Kier alpha value is -3.67. The van der Waals surface area contributed by atoms with Gasteiger partial charge in [0.15, 0.2) is 28.8 Å². The lowest BCUT2D eigenvalue weighted by molar-refractivity contribution is -0.178. The summed E-state index contributed by atoms with van der Waals surface area (Å²) in [6.45, 7) is 20.1. The van der Waals surface area contributed by atoms with Crippen LogP contribution >= 0.6 is 0 Å². The van der Waals surface area contributed by atoms with E-state index in [1.807, 2.05) is 67.5 Å². The number of rotatable bonds is 12. The maximum Gasteiger partial charge on any atom is 0.184 e. The number of carbonyl (C=O) groups excluding carboxylic acids is 3. The molecule has 250 valence electrons. The highest BCUT2D eigenvalue weighted by molar-refractivity contribution is 6.41. The third kappa shape index (κ3) is 6.72. The summed E-state index contributed by atoms with van der Waals surface area (Å²) in [7, 11) is 0. The van der Waals surface area contributed by atoms with E-state index in [0.29, 0.717) is 25.9 Å². The third-order valence-electron chi connectivity index (χ3n) is 10.0. The predicted molar refractivity (Wildman–Crippen MR) is 186 cm³/mol. The number of aliphatic hydroxyl groups is 1. The zero-order valence-electron chi connectivity index (χ0n) is 29.6. The van der Waals surface area contributed by atoms with Gasteiger partial charge in [-0.15, -0.1) is 0 Å². The number of phenols is 1. The van der Waals surface area contributed by atoms with E-state index in [1.54, 1.807) is 6.92 Å². The number of Topliss-reactive ketones (excluding diaryl/α,β-unsaturated/α-hetero) is 3. The molecule has 2 N–H and O–H groups in total. The maximum absolute atomic E-state index is 15.3. The molecule has 2 aliphatic carbocycles. The second-order valence-corrected chi connectivity index (χ2v) is 14.4. The SMILES string of the molecule is CCOc1ccc(C(O)=C2C(=O)[C@]3(CC=C(C)C)C[C@H](CC=C(C)C)[C@@](C)(CCC=C(C)C)[C@](CC=C(C)C)(C2=O)C3=O)cc1O. The van der Waals surface area contributed by atoms with E-state index in [9.17, 15) is 15.0 Å². The summed E-state index contributed by atoms with van der Waals surface area (Å²) in [5, 5.41) is 22.5. The lowest BCUT2D eigenvalue weighted by Crippen LogP contribution is -2.70. The molecule has 0 aliphatic heterocycles. The second kappa shape index (κ2) is 14.4. The van der Waals surface area contributed by atoms with Crippen molar-refractivity contribution in [2.75, 3.05) is 6.61 Å². The Labute approximate surface area is 276 Å². The first-order valence-corrected chi connectivity index (χ1v) is 16.6. The monoisotopic (exact) mass is 630 g/mol. The highest BCUT2D eigenvalue weighted by atomic mass is 16.5. The Morgan fingerprint density at radius 1 is 0.870 bits per heavy atom. The molecule has 6 heteroatoms. The molecule has 0 spiro atoms. The van der Waals surface area contributed by atoms with Gasteiger partial charge in [0.2, 0.25) is 0 Å². The van der Waals surface area contributed by atoms with Gasteiger partial charge in [0, 0.05) is 5.56 Å². The topological polar surface area (TPSA) is 101 Å². The van der Waals surface area contributed by atoms with Crippen molar-refractivity contribution in [1.82, 2.24) is 0 Å². The molecule has 1 aromatic carbocycles. The molecule has 0 unspecified atom stereocenters. The lowest BCUT2D eigenvalue weighted by Gasteiger charge is -2.61. The van der Waals surface area contributed by atoms with Crippen LogP contribution < -0.4 is 4.74 Å². The summed E-state index contributed by atoms with van der Waals surface area (Å²) < 4.78 is 5.46. The Balaban J connectivity index is 2.49. The molecule has 2 fully saturated rings. The summed E-state index contributed by atoms with van der Waals surface area (Å²) in [5.74, 6) is -2.24. The first kappa shape index (κ1) is 36.8. The molecular weight excluding hydrogens is 576 g/mol. The van der Waals surface area contributed by atoms with Crippen LogP contribution in [-0.4, -0.2) is 34.2 Å². The third-order valence-corrected chi connectivity index (χ3v) is 10.0. The minimum atomic E-state index is -1.59. The van der Waals surface area contributed by atoms with Gasteiger partial charge in [-0.1, -0.05) is 53.5 Å². The Morgan fingerprint density at radius 2 is 1.46 bits per heavy atom. The molecule has 2 aliphatic rings. The van der Waals surface area contributed by atoms with Crippen LogP contribution in [0.1, 0.15) is 113 Å². The predicted octanol–water partition coefficient (Wildman–Crippen LogP) is 9.60. The van der Waals surface area contributed by atoms with Crippen LogP contribution in [0.2, 0.25) is 0 Å². The second-order valence-electron chi connectivity index (χ2n) is 14.4. The largest absolute Gasteiger partial charge is 0.506 e. The van der Waals surface area contributed by atoms with E-state index in [-0.39, 0.29) is 53.6 Å². The van der Waals surface area contributed by atoms with Gasteiger partial charge in [-0.3, -0.25) is 14.4 Å². The van der Waals surface area contributed by atoms with Crippen LogP contribution in [0.25, 0.3) is 5.76 Å². The van der Waals surface area contributed by atoms with E-state index < -0.39 is 33.6 Å². The van der Waals surface area contributed by atoms with Crippen molar-refractivity contribution in [2.24, 2.45) is 22.2 Å². The van der Waals surface area contributed by atoms with Crippen molar-refractivity contribution in [1.29, 1.82) is 0 Å². The number of hydrogen-bond donors (Lipinski definition) is 2. The molecule has 0 heterocycles. The number of carbonyl (C=O) groups is 3. The van der Waals surface area contributed by atoms with E-state index >= 15 is 9.59 Å². The average Bonchev–Trinajstić information content (AvgIpc) is 2.96. The van der Waals surface area contributed by atoms with Crippen molar-refractivity contribution in [2.45, 2.75) is 108 Å². The number of ether oxygens (including phenoxy) is 1. The summed E-state index contributed by atoms with van der Waals surface area (Å²) in [4.78, 5) is 45.3. The number of fused-ring (bicyclic) bond motifs is 2. The van der Waals surface area contributed by atoms with Gasteiger partial charge in [0.25, 0.3) is 0 Å². The molecule has 6 nitrogen and oxygen atoms in total. The zero-order valence-corrected chi connectivity index (χ0v) is 29.6. The van der Waals surface area contributed by atoms with E-state index in [4.69, 9.17) is 4.74 Å². The Kier molecular flexibility index (Phi) is 11.5. The van der Waals surface area contributed by atoms with Gasteiger partial charge < -0.3 is 14.9 Å². The minimum Gasteiger partial charge on any atom is -0.506 e. The van der Waals surface area contributed by atoms with E-state index in [0.717, 1.165) is 22.3 Å². The Morgan fingerprint density at radius 3 is 2.00 bits per heavy atom. The van der Waals surface area contributed by atoms with Crippen LogP contribution in [0.3, 0.4) is 0 Å². The standard InChI is InChI=1S/C40H54O6/c1-11-46-32-17-15-29(23-31(32)41)34(42)33-35(43)39(21-18-27(6)7)24-30(16-14-26(4)5)38(10,20-12-13-25(2)3)40(36(33)44,37(39)45)22-19-28(8)9/h13-15,17-19,23,30,41-42H,11-12,16,20-22,24H2,1-10H3/t30-,38+,39-,40+/m0/s1. The van der Waals surface area contributed by atoms with Gasteiger partial charge >= 0.3 is 0 Å². The lowest BCUT2D eigenvalue weighted by atomic mass is 9.37. The fourth-order valence-electron chi connectivity index (χ4n) is 7.39. The smallest absolute Gasteiger partial charge is 0.184 e. The molecule has 3 rings (SSSR count). The molecule has 0 saturated heterocycles. The van der Waals surface area contributed by atoms with Gasteiger partial charge in [0.1, 0.15) is 16.7 Å². The van der Waals surface area contributed by atoms with Crippen LogP contribution in [0.15, 0.2) is 70.4 Å².